The largest absolute Gasteiger partial charge is 0.369 e. The number of carbonyl (C=O) groups is 1. The maximum absolute atomic E-state index is 12.9. The van der Waals surface area contributed by atoms with Crippen LogP contribution in [0.2, 0.25) is 5.02 Å². The summed E-state index contributed by atoms with van der Waals surface area (Å²) in [6.07, 6.45) is 0. The summed E-state index contributed by atoms with van der Waals surface area (Å²) in [7, 11) is -3.48. The van der Waals surface area contributed by atoms with Crippen molar-refractivity contribution in [3.63, 3.8) is 0 Å². The molecule has 150 valence electrons. The molecule has 0 radical (unpaired) electrons. The highest BCUT2D eigenvalue weighted by Crippen LogP contribution is 2.21. The van der Waals surface area contributed by atoms with E-state index in [0.29, 0.717) is 31.2 Å². The van der Waals surface area contributed by atoms with Crippen LogP contribution in [0.4, 0.5) is 10.1 Å². The molecule has 28 heavy (non-hydrogen) atoms. The Balaban J connectivity index is 1.49. The molecule has 0 atom stereocenters. The number of benzene rings is 2. The maximum atomic E-state index is 12.9. The summed E-state index contributed by atoms with van der Waals surface area (Å²) in [4.78, 5) is 14.1. The third kappa shape index (κ3) is 5.21. The molecule has 1 fully saturated rings. The molecule has 6 nitrogen and oxygen atoms in total. The Morgan fingerprint density at radius 2 is 1.75 bits per heavy atom. The van der Waals surface area contributed by atoms with Gasteiger partial charge in [-0.2, -0.15) is 4.31 Å². The van der Waals surface area contributed by atoms with Gasteiger partial charge in [0, 0.05) is 49.0 Å². The lowest BCUT2D eigenvalue weighted by Crippen LogP contribution is -2.50. The molecule has 2 aromatic carbocycles. The van der Waals surface area contributed by atoms with E-state index in [2.05, 4.69) is 10.2 Å². The highest BCUT2D eigenvalue weighted by molar-refractivity contribution is 7.89. The summed E-state index contributed by atoms with van der Waals surface area (Å²) in [5.74, 6) is -1.05. The smallest absolute Gasteiger partial charge is 0.251 e. The van der Waals surface area contributed by atoms with Crippen molar-refractivity contribution in [3.05, 3.63) is 64.9 Å². The van der Waals surface area contributed by atoms with Crippen LogP contribution in [0.15, 0.2) is 48.5 Å². The molecule has 1 heterocycles. The number of rotatable bonds is 6. The average Bonchev–Trinajstić information content (AvgIpc) is 2.68. The van der Waals surface area contributed by atoms with Crippen molar-refractivity contribution in [1.29, 1.82) is 0 Å². The molecule has 2 aromatic rings. The van der Waals surface area contributed by atoms with Crippen molar-refractivity contribution >= 4 is 33.2 Å². The standard InChI is InChI=1S/C19H21ClFN3O3S/c20-16-2-1-3-18(14-16)23-9-11-24(12-10-23)28(26,27)13-8-22-19(25)15-4-6-17(21)7-5-15/h1-7,14H,8-13H2,(H,22,25). The van der Waals surface area contributed by atoms with Gasteiger partial charge in [-0.1, -0.05) is 17.7 Å². The van der Waals surface area contributed by atoms with Gasteiger partial charge in [-0.3, -0.25) is 4.79 Å². The van der Waals surface area contributed by atoms with E-state index in [0.717, 1.165) is 5.69 Å². The van der Waals surface area contributed by atoms with Gasteiger partial charge in [0.15, 0.2) is 0 Å². The maximum Gasteiger partial charge on any atom is 0.251 e. The number of sulfonamides is 1. The van der Waals surface area contributed by atoms with Gasteiger partial charge in [0.05, 0.1) is 5.75 Å². The number of hydrogen-bond donors (Lipinski definition) is 1. The first-order valence-electron chi connectivity index (χ1n) is 8.87. The lowest BCUT2D eigenvalue weighted by Gasteiger charge is -2.35. The van der Waals surface area contributed by atoms with Gasteiger partial charge in [0.1, 0.15) is 5.82 Å². The van der Waals surface area contributed by atoms with Crippen molar-refractivity contribution in [3.8, 4) is 0 Å². The highest BCUT2D eigenvalue weighted by atomic mass is 35.5. The number of nitrogens with zero attached hydrogens (tertiary/aromatic N) is 2. The predicted molar refractivity (Wildman–Crippen MR) is 108 cm³/mol. The van der Waals surface area contributed by atoms with Gasteiger partial charge in [0.25, 0.3) is 5.91 Å². The van der Waals surface area contributed by atoms with E-state index < -0.39 is 21.7 Å². The molecule has 1 saturated heterocycles. The molecule has 0 spiro atoms. The summed E-state index contributed by atoms with van der Waals surface area (Å²) in [5.41, 5.74) is 1.25. The van der Waals surface area contributed by atoms with Crippen molar-refractivity contribution in [2.24, 2.45) is 0 Å². The Morgan fingerprint density at radius 3 is 2.39 bits per heavy atom. The van der Waals surface area contributed by atoms with Crippen LogP contribution in [0.5, 0.6) is 0 Å². The van der Waals surface area contributed by atoms with Gasteiger partial charge < -0.3 is 10.2 Å². The Bertz CT molecular complexity index is 930. The van der Waals surface area contributed by atoms with Gasteiger partial charge in [-0.25, -0.2) is 12.8 Å². The minimum Gasteiger partial charge on any atom is -0.369 e. The molecule has 0 aromatic heterocycles. The second kappa shape index (κ2) is 8.89. The molecule has 0 unspecified atom stereocenters. The molecule has 0 bridgehead atoms. The van der Waals surface area contributed by atoms with Crippen molar-refractivity contribution in [2.75, 3.05) is 43.4 Å². The van der Waals surface area contributed by atoms with E-state index in [1.165, 1.54) is 28.6 Å². The van der Waals surface area contributed by atoms with E-state index in [1.54, 1.807) is 6.07 Å². The number of anilines is 1. The fourth-order valence-electron chi connectivity index (χ4n) is 3.02. The van der Waals surface area contributed by atoms with E-state index >= 15 is 0 Å². The SMILES string of the molecule is O=C(NCCS(=O)(=O)N1CCN(c2cccc(Cl)c2)CC1)c1ccc(F)cc1. The molecular formula is C19H21ClFN3O3S. The second-order valence-electron chi connectivity index (χ2n) is 6.44. The minimum atomic E-state index is -3.48. The van der Waals surface area contributed by atoms with E-state index in [-0.39, 0.29) is 17.9 Å². The van der Waals surface area contributed by atoms with Crippen LogP contribution >= 0.6 is 11.6 Å². The van der Waals surface area contributed by atoms with Crippen LogP contribution in [0, 0.1) is 5.82 Å². The third-order valence-corrected chi connectivity index (χ3v) is 6.66. The van der Waals surface area contributed by atoms with Crippen molar-refractivity contribution in [2.45, 2.75) is 0 Å². The minimum absolute atomic E-state index is 0.00689. The van der Waals surface area contributed by atoms with Gasteiger partial charge in [-0.05, 0) is 42.5 Å². The lowest BCUT2D eigenvalue weighted by atomic mass is 10.2. The Morgan fingerprint density at radius 1 is 1.07 bits per heavy atom. The lowest BCUT2D eigenvalue weighted by molar-refractivity contribution is 0.0956. The molecular weight excluding hydrogens is 405 g/mol. The quantitative estimate of drug-likeness (QED) is 0.771. The molecule has 9 heteroatoms. The van der Waals surface area contributed by atoms with Gasteiger partial charge >= 0.3 is 0 Å². The van der Waals surface area contributed by atoms with E-state index in [4.69, 9.17) is 11.6 Å². The predicted octanol–water partition coefficient (Wildman–Crippen LogP) is 2.36. The molecule has 1 aliphatic rings. The molecule has 1 aliphatic heterocycles. The molecule has 1 N–H and O–H groups in total. The van der Waals surface area contributed by atoms with Crippen LogP contribution < -0.4 is 10.2 Å². The van der Waals surface area contributed by atoms with Crippen LogP contribution in [0.1, 0.15) is 10.4 Å². The fourth-order valence-corrected chi connectivity index (χ4v) is 4.55. The first-order chi connectivity index (χ1) is 13.3. The molecule has 0 saturated carbocycles. The summed E-state index contributed by atoms with van der Waals surface area (Å²) in [6.45, 7) is 1.89. The zero-order valence-electron chi connectivity index (χ0n) is 15.1. The third-order valence-electron chi connectivity index (χ3n) is 4.56. The average molecular weight is 426 g/mol. The van der Waals surface area contributed by atoms with Crippen LogP contribution in [-0.4, -0.2) is 57.1 Å². The number of halogens is 2. The monoisotopic (exact) mass is 425 g/mol. The zero-order valence-corrected chi connectivity index (χ0v) is 16.7. The number of amides is 1. The molecule has 0 aliphatic carbocycles. The van der Waals surface area contributed by atoms with Gasteiger partial charge in [-0.15, -0.1) is 0 Å². The summed E-state index contributed by atoms with van der Waals surface area (Å²) < 4.78 is 39.4. The molecule has 3 rings (SSSR count). The Labute approximate surface area is 168 Å². The van der Waals surface area contributed by atoms with Gasteiger partial charge in [0.2, 0.25) is 10.0 Å². The highest BCUT2D eigenvalue weighted by Gasteiger charge is 2.27. The Hall–Kier alpha value is -2.16. The zero-order chi connectivity index (χ0) is 20.1. The van der Waals surface area contributed by atoms with Crippen LogP contribution in [0.3, 0.4) is 0 Å². The summed E-state index contributed by atoms with van der Waals surface area (Å²) in [6, 6.07) is 12.5. The first kappa shape index (κ1) is 20.6. The van der Waals surface area contributed by atoms with E-state index in [9.17, 15) is 17.6 Å². The number of piperazine rings is 1. The topological polar surface area (TPSA) is 69.7 Å². The number of hydrogen-bond acceptors (Lipinski definition) is 4. The number of nitrogens with one attached hydrogen (secondary N) is 1. The fraction of sp³-hybridized carbons (Fsp3) is 0.316. The first-order valence-corrected chi connectivity index (χ1v) is 10.9. The van der Waals surface area contributed by atoms with Crippen LogP contribution in [0.25, 0.3) is 0 Å². The molecule has 1 amide bonds. The van der Waals surface area contributed by atoms with Crippen molar-refractivity contribution < 1.29 is 17.6 Å². The second-order valence-corrected chi connectivity index (χ2v) is 8.97. The normalized spacial score (nSPS) is 15.4. The summed E-state index contributed by atoms with van der Waals surface area (Å²) >= 11 is 6.01. The summed E-state index contributed by atoms with van der Waals surface area (Å²) in [5, 5.41) is 3.21. The van der Waals surface area contributed by atoms with Crippen molar-refractivity contribution in [1.82, 2.24) is 9.62 Å². The number of carbonyl (C=O) groups excluding carboxylic acids is 1. The van der Waals surface area contributed by atoms with Crippen LogP contribution in [-0.2, 0) is 10.0 Å². The van der Waals surface area contributed by atoms with E-state index in [1.807, 2.05) is 18.2 Å². The Kier molecular flexibility index (Phi) is 6.53.